The van der Waals surface area contributed by atoms with E-state index in [2.05, 4.69) is 50.9 Å². The smallest absolute Gasteiger partial charge is 0.118 e. The fraction of sp³-hybridized carbons (Fsp3) is 0.750. The van der Waals surface area contributed by atoms with Gasteiger partial charge in [-0.05, 0) is 45.0 Å². The molecule has 3 heteroatoms. The normalized spacial score (nSPS) is 11.7. The molecule has 0 fully saturated rings. The molecule has 0 saturated heterocycles. The summed E-state index contributed by atoms with van der Waals surface area (Å²) in [7, 11) is 0. The van der Waals surface area contributed by atoms with Gasteiger partial charge in [0.15, 0.2) is 0 Å². The fourth-order valence-corrected chi connectivity index (χ4v) is 2.22. The van der Waals surface area contributed by atoms with Gasteiger partial charge in [0.2, 0.25) is 0 Å². The largest absolute Gasteiger partial charge is 0.465 e. The summed E-state index contributed by atoms with van der Waals surface area (Å²) < 4.78 is 5.83. The molecule has 0 aliphatic rings. The zero-order chi connectivity index (χ0) is 14.3. The highest BCUT2D eigenvalue weighted by Gasteiger charge is 2.10. The van der Waals surface area contributed by atoms with Crippen LogP contribution >= 0.6 is 0 Å². The lowest BCUT2D eigenvalue weighted by Gasteiger charge is -2.18. The van der Waals surface area contributed by atoms with Gasteiger partial charge in [0, 0.05) is 12.1 Å². The maximum Gasteiger partial charge on any atom is 0.118 e. The van der Waals surface area contributed by atoms with E-state index in [9.17, 15) is 0 Å². The van der Waals surface area contributed by atoms with E-state index in [1.54, 1.807) is 0 Å². The summed E-state index contributed by atoms with van der Waals surface area (Å²) in [4.78, 5) is 2.46. The van der Waals surface area contributed by atoms with E-state index >= 15 is 0 Å². The van der Waals surface area contributed by atoms with Crippen LogP contribution in [0.1, 0.15) is 51.2 Å². The lowest BCUT2D eigenvalue weighted by Crippen LogP contribution is -2.23. The Hall–Kier alpha value is -0.800. The van der Waals surface area contributed by atoms with Crippen molar-refractivity contribution in [2.45, 2.75) is 54.1 Å². The van der Waals surface area contributed by atoms with Crippen molar-refractivity contribution in [2.75, 3.05) is 19.6 Å². The van der Waals surface area contributed by atoms with Gasteiger partial charge >= 0.3 is 0 Å². The molecule has 110 valence electrons. The second-order valence-corrected chi connectivity index (χ2v) is 5.69. The van der Waals surface area contributed by atoms with Crippen LogP contribution in [0.15, 0.2) is 10.5 Å². The van der Waals surface area contributed by atoms with E-state index in [-0.39, 0.29) is 0 Å². The first-order chi connectivity index (χ1) is 9.06. The highest BCUT2D eigenvalue weighted by molar-refractivity contribution is 5.20. The van der Waals surface area contributed by atoms with Gasteiger partial charge in [-0.25, -0.2) is 0 Å². The van der Waals surface area contributed by atoms with E-state index < -0.39 is 0 Å². The molecule has 0 amide bonds. The van der Waals surface area contributed by atoms with Gasteiger partial charge in [-0.3, -0.25) is 4.90 Å². The number of nitrogens with zero attached hydrogens (tertiary/aromatic N) is 1. The third-order valence-electron chi connectivity index (χ3n) is 3.30. The van der Waals surface area contributed by atoms with Crippen LogP contribution in [-0.2, 0) is 13.1 Å². The van der Waals surface area contributed by atoms with E-state index in [4.69, 9.17) is 4.42 Å². The topological polar surface area (TPSA) is 28.4 Å². The Morgan fingerprint density at radius 1 is 1.32 bits per heavy atom. The fourth-order valence-electron chi connectivity index (χ4n) is 2.22. The minimum absolute atomic E-state index is 0.677. The molecule has 0 aliphatic heterocycles. The Morgan fingerprint density at radius 2 is 2.05 bits per heavy atom. The van der Waals surface area contributed by atoms with Crippen LogP contribution in [0.2, 0.25) is 0 Å². The van der Waals surface area contributed by atoms with Gasteiger partial charge in [0.25, 0.3) is 0 Å². The molecular weight excluding hydrogens is 236 g/mol. The van der Waals surface area contributed by atoms with Gasteiger partial charge < -0.3 is 9.73 Å². The lowest BCUT2D eigenvalue weighted by molar-refractivity contribution is 0.278. The highest BCUT2D eigenvalue weighted by Crippen LogP contribution is 2.17. The second-order valence-electron chi connectivity index (χ2n) is 5.69. The summed E-state index contributed by atoms with van der Waals surface area (Å²) >= 11 is 0. The predicted molar refractivity (Wildman–Crippen MR) is 81.2 cm³/mol. The molecule has 3 nitrogen and oxygen atoms in total. The van der Waals surface area contributed by atoms with Crippen LogP contribution in [0.4, 0.5) is 0 Å². The molecule has 0 atom stereocenters. The minimum atomic E-state index is 0.677. The molecular formula is C16H30N2O. The standard InChI is InChI=1S/C16H30N2O/c1-6-8-18(7-2)12-15-9-16(19-14(15)5)11-17-10-13(3)4/h9,13,17H,6-8,10-12H2,1-5H3. The number of rotatable bonds is 9. The van der Waals surface area contributed by atoms with Crippen molar-refractivity contribution in [1.29, 1.82) is 0 Å². The zero-order valence-electron chi connectivity index (χ0n) is 13.3. The van der Waals surface area contributed by atoms with E-state index in [1.807, 2.05) is 0 Å². The molecule has 0 unspecified atom stereocenters. The lowest BCUT2D eigenvalue weighted by atomic mass is 10.2. The molecule has 0 spiro atoms. The van der Waals surface area contributed by atoms with E-state index in [0.717, 1.165) is 44.2 Å². The van der Waals surface area contributed by atoms with Crippen molar-refractivity contribution in [2.24, 2.45) is 5.92 Å². The molecule has 0 saturated carbocycles. The number of nitrogens with one attached hydrogen (secondary N) is 1. The van der Waals surface area contributed by atoms with E-state index in [0.29, 0.717) is 5.92 Å². The maximum absolute atomic E-state index is 5.83. The average molecular weight is 266 g/mol. The number of hydrogen-bond donors (Lipinski definition) is 1. The highest BCUT2D eigenvalue weighted by atomic mass is 16.3. The maximum atomic E-state index is 5.83. The minimum Gasteiger partial charge on any atom is -0.465 e. The Morgan fingerprint density at radius 3 is 2.63 bits per heavy atom. The van der Waals surface area contributed by atoms with Crippen molar-refractivity contribution < 1.29 is 4.42 Å². The summed E-state index contributed by atoms with van der Waals surface area (Å²) in [5.41, 5.74) is 1.33. The van der Waals surface area contributed by atoms with Gasteiger partial charge in [-0.15, -0.1) is 0 Å². The van der Waals surface area contributed by atoms with Gasteiger partial charge in [0.1, 0.15) is 11.5 Å². The van der Waals surface area contributed by atoms with Crippen molar-refractivity contribution in [3.63, 3.8) is 0 Å². The number of hydrogen-bond acceptors (Lipinski definition) is 3. The van der Waals surface area contributed by atoms with Crippen molar-refractivity contribution in [3.05, 3.63) is 23.2 Å². The molecule has 0 aliphatic carbocycles. The van der Waals surface area contributed by atoms with Crippen molar-refractivity contribution in [3.8, 4) is 0 Å². The quantitative estimate of drug-likeness (QED) is 0.740. The van der Waals surface area contributed by atoms with Gasteiger partial charge in [0.05, 0.1) is 6.54 Å². The summed E-state index contributed by atoms with van der Waals surface area (Å²) in [5.74, 6) is 2.80. The molecule has 1 rings (SSSR count). The molecule has 0 radical (unpaired) electrons. The Kier molecular flexibility index (Phi) is 7.17. The van der Waals surface area contributed by atoms with Crippen LogP contribution < -0.4 is 5.32 Å². The van der Waals surface area contributed by atoms with Crippen LogP contribution in [-0.4, -0.2) is 24.5 Å². The molecule has 1 aromatic heterocycles. The molecule has 0 bridgehead atoms. The van der Waals surface area contributed by atoms with Crippen molar-refractivity contribution in [1.82, 2.24) is 10.2 Å². The molecule has 1 heterocycles. The molecule has 19 heavy (non-hydrogen) atoms. The monoisotopic (exact) mass is 266 g/mol. The first kappa shape index (κ1) is 16.3. The van der Waals surface area contributed by atoms with Crippen LogP contribution in [0.3, 0.4) is 0 Å². The molecule has 0 aromatic carbocycles. The SMILES string of the molecule is CCCN(CC)Cc1cc(CNCC(C)C)oc1C. The second kappa shape index (κ2) is 8.39. The summed E-state index contributed by atoms with van der Waals surface area (Å²) in [6.45, 7) is 16.1. The van der Waals surface area contributed by atoms with Gasteiger partial charge in [-0.1, -0.05) is 27.7 Å². The Bertz CT molecular complexity index is 358. The Balaban J connectivity index is 2.53. The summed E-state index contributed by atoms with van der Waals surface area (Å²) in [5, 5.41) is 3.43. The summed E-state index contributed by atoms with van der Waals surface area (Å²) in [6.07, 6.45) is 1.20. The van der Waals surface area contributed by atoms with Crippen LogP contribution in [0.25, 0.3) is 0 Å². The zero-order valence-corrected chi connectivity index (χ0v) is 13.3. The Labute approximate surface area is 118 Å². The van der Waals surface area contributed by atoms with Crippen LogP contribution in [0, 0.1) is 12.8 Å². The molecule has 1 aromatic rings. The first-order valence-electron chi connectivity index (χ1n) is 7.58. The summed E-state index contributed by atoms with van der Waals surface area (Å²) in [6, 6.07) is 2.21. The number of furan rings is 1. The predicted octanol–water partition coefficient (Wildman–Crippen LogP) is 3.57. The third-order valence-corrected chi connectivity index (χ3v) is 3.30. The average Bonchev–Trinajstić information content (AvgIpc) is 2.69. The third kappa shape index (κ3) is 5.79. The number of aryl methyl sites for hydroxylation is 1. The van der Waals surface area contributed by atoms with Crippen LogP contribution in [0.5, 0.6) is 0 Å². The molecule has 1 N–H and O–H groups in total. The first-order valence-corrected chi connectivity index (χ1v) is 7.58. The van der Waals surface area contributed by atoms with Gasteiger partial charge in [-0.2, -0.15) is 0 Å². The van der Waals surface area contributed by atoms with Crippen molar-refractivity contribution >= 4 is 0 Å². The van der Waals surface area contributed by atoms with E-state index in [1.165, 1.54) is 12.0 Å².